The third-order valence-corrected chi connectivity index (χ3v) is 3.37. The molecule has 0 aliphatic heterocycles. The first-order valence-electron chi connectivity index (χ1n) is 6.79. The van der Waals surface area contributed by atoms with Gasteiger partial charge >= 0.3 is 6.18 Å². The van der Waals surface area contributed by atoms with Crippen molar-refractivity contribution in [3.8, 4) is 0 Å². The number of benzene rings is 2. The molecule has 0 bridgehead atoms. The van der Waals surface area contributed by atoms with Crippen molar-refractivity contribution < 1.29 is 13.2 Å². The summed E-state index contributed by atoms with van der Waals surface area (Å²) in [5.74, 6) is 0. The summed E-state index contributed by atoms with van der Waals surface area (Å²) in [6.45, 7) is 2.55. The summed E-state index contributed by atoms with van der Waals surface area (Å²) >= 11 is 0. The van der Waals surface area contributed by atoms with E-state index in [1.54, 1.807) is 0 Å². The number of rotatable bonds is 5. The van der Waals surface area contributed by atoms with Crippen LogP contribution in [0.4, 0.5) is 13.2 Å². The molecule has 20 heavy (non-hydrogen) atoms. The van der Waals surface area contributed by atoms with E-state index < -0.39 is 12.6 Å². The molecule has 1 atom stereocenters. The average molecular weight is 281 g/mol. The van der Waals surface area contributed by atoms with Gasteiger partial charge in [0.1, 0.15) is 0 Å². The second-order valence-electron chi connectivity index (χ2n) is 4.83. The molecule has 0 heterocycles. The highest BCUT2D eigenvalue weighted by atomic mass is 19.4. The zero-order chi connectivity index (χ0) is 14.6. The summed E-state index contributed by atoms with van der Waals surface area (Å²) in [7, 11) is 0. The molecule has 0 aliphatic carbocycles. The molecule has 4 heteroatoms. The van der Waals surface area contributed by atoms with Gasteiger partial charge in [0.25, 0.3) is 0 Å². The predicted octanol–water partition coefficient (Wildman–Crippen LogP) is 4.83. The molecule has 2 rings (SSSR count). The molecule has 0 fully saturated rings. The summed E-state index contributed by atoms with van der Waals surface area (Å²) in [4.78, 5) is 0. The predicted molar refractivity (Wildman–Crippen MR) is 75.7 cm³/mol. The summed E-state index contributed by atoms with van der Waals surface area (Å²) in [6.07, 6.45) is -4.82. The minimum Gasteiger partial charge on any atom is -0.310 e. The fourth-order valence-corrected chi connectivity index (χ4v) is 2.48. The number of halogens is 3. The second kappa shape index (κ2) is 6.27. The van der Waals surface area contributed by atoms with Crippen molar-refractivity contribution in [3.05, 3.63) is 48.0 Å². The lowest BCUT2D eigenvalue weighted by molar-refractivity contribution is -0.136. The van der Waals surface area contributed by atoms with Gasteiger partial charge in [0, 0.05) is 12.5 Å². The van der Waals surface area contributed by atoms with Crippen molar-refractivity contribution in [2.24, 2.45) is 0 Å². The minimum atomic E-state index is -4.11. The topological polar surface area (TPSA) is 12.0 Å². The van der Waals surface area contributed by atoms with Crippen LogP contribution in [0.25, 0.3) is 10.8 Å². The van der Waals surface area contributed by atoms with Crippen LogP contribution in [0.15, 0.2) is 42.5 Å². The fourth-order valence-electron chi connectivity index (χ4n) is 2.48. The van der Waals surface area contributed by atoms with E-state index in [4.69, 9.17) is 0 Å². The number of hydrogen-bond donors (Lipinski definition) is 1. The molecule has 0 saturated heterocycles. The molecule has 0 saturated carbocycles. The number of alkyl halides is 3. The van der Waals surface area contributed by atoms with Gasteiger partial charge < -0.3 is 5.32 Å². The minimum absolute atomic E-state index is 0.0609. The molecule has 2 aromatic rings. The lowest BCUT2D eigenvalue weighted by Gasteiger charge is -2.21. The van der Waals surface area contributed by atoms with Crippen molar-refractivity contribution >= 4 is 10.8 Å². The molecule has 0 radical (unpaired) electrons. The van der Waals surface area contributed by atoms with E-state index in [0.29, 0.717) is 6.54 Å². The smallest absolute Gasteiger partial charge is 0.310 e. The van der Waals surface area contributed by atoms with E-state index in [-0.39, 0.29) is 12.5 Å². The van der Waals surface area contributed by atoms with Crippen LogP contribution in [0, 0.1) is 0 Å². The summed E-state index contributed by atoms with van der Waals surface area (Å²) in [5.41, 5.74) is 0.939. The van der Waals surface area contributed by atoms with Crippen LogP contribution in [-0.2, 0) is 0 Å². The van der Waals surface area contributed by atoms with Gasteiger partial charge in [-0.1, -0.05) is 49.4 Å². The molecule has 0 aliphatic rings. The van der Waals surface area contributed by atoms with E-state index in [0.717, 1.165) is 16.3 Å². The maximum Gasteiger partial charge on any atom is 0.389 e. The Morgan fingerprint density at radius 3 is 2.45 bits per heavy atom. The van der Waals surface area contributed by atoms with Gasteiger partial charge in [-0.05, 0) is 29.3 Å². The van der Waals surface area contributed by atoms with Crippen LogP contribution in [0.5, 0.6) is 0 Å². The van der Waals surface area contributed by atoms with E-state index in [1.807, 2.05) is 49.4 Å². The number of hydrogen-bond acceptors (Lipinski definition) is 1. The van der Waals surface area contributed by atoms with Crippen molar-refractivity contribution in [2.45, 2.75) is 32.0 Å². The molecule has 1 unspecified atom stereocenters. The highest BCUT2D eigenvalue weighted by Gasteiger charge is 2.28. The summed E-state index contributed by atoms with van der Waals surface area (Å²) < 4.78 is 37.4. The van der Waals surface area contributed by atoms with E-state index in [9.17, 15) is 13.2 Å². The number of nitrogens with one attached hydrogen (secondary N) is 1. The quantitative estimate of drug-likeness (QED) is 0.827. The normalized spacial score (nSPS) is 13.6. The second-order valence-corrected chi connectivity index (χ2v) is 4.83. The van der Waals surface area contributed by atoms with Crippen molar-refractivity contribution in [1.29, 1.82) is 0 Å². The largest absolute Gasteiger partial charge is 0.389 e. The van der Waals surface area contributed by atoms with E-state index in [1.165, 1.54) is 0 Å². The molecule has 2 aromatic carbocycles. The standard InChI is InChI=1S/C16H18F3N/c1-2-20-15(10-11-16(17,18)19)14-9-5-7-12-6-3-4-8-13(12)14/h3-9,15,20H,2,10-11H2,1H3. The first-order valence-corrected chi connectivity index (χ1v) is 6.79. The highest BCUT2D eigenvalue weighted by molar-refractivity contribution is 5.86. The van der Waals surface area contributed by atoms with Crippen molar-refractivity contribution in [2.75, 3.05) is 6.54 Å². The molecule has 0 spiro atoms. The van der Waals surface area contributed by atoms with Crippen LogP contribution >= 0.6 is 0 Å². The molecule has 1 nitrogen and oxygen atoms in total. The van der Waals surface area contributed by atoms with E-state index >= 15 is 0 Å². The van der Waals surface area contributed by atoms with Crippen LogP contribution in [0.1, 0.15) is 31.4 Å². The third kappa shape index (κ3) is 3.73. The maximum atomic E-state index is 12.5. The van der Waals surface area contributed by atoms with Gasteiger partial charge in [0.15, 0.2) is 0 Å². The molecular formula is C16H18F3N. The Hall–Kier alpha value is -1.55. The Labute approximate surface area is 116 Å². The first kappa shape index (κ1) is 14.9. The van der Waals surface area contributed by atoms with Gasteiger partial charge in [-0.3, -0.25) is 0 Å². The van der Waals surface area contributed by atoms with Crippen molar-refractivity contribution in [3.63, 3.8) is 0 Å². The van der Waals surface area contributed by atoms with Gasteiger partial charge in [0.2, 0.25) is 0 Å². The lowest BCUT2D eigenvalue weighted by Crippen LogP contribution is -2.23. The Morgan fingerprint density at radius 1 is 1.05 bits per heavy atom. The lowest BCUT2D eigenvalue weighted by atomic mass is 9.95. The van der Waals surface area contributed by atoms with Crippen LogP contribution in [-0.4, -0.2) is 12.7 Å². The molecular weight excluding hydrogens is 263 g/mol. The average Bonchev–Trinajstić information content (AvgIpc) is 2.42. The zero-order valence-electron chi connectivity index (χ0n) is 11.4. The van der Waals surface area contributed by atoms with Gasteiger partial charge in [-0.2, -0.15) is 13.2 Å². The Kier molecular flexibility index (Phi) is 4.65. The monoisotopic (exact) mass is 281 g/mol. The summed E-state index contributed by atoms with van der Waals surface area (Å²) in [6, 6.07) is 13.3. The fraction of sp³-hybridized carbons (Fsp3) is 0.375. The maximum absolute atomic E-state index is 12.5. The number of fused-ring (bicyclic) bond motifs is 1. The first-order chi connectivity index (χ1) is 9.51. The molecule has 108 valence electrons. The Balaban J connectivity index is 2.31. The Bertz CT molecular complexity index is 558. The SMILES string of the molecule is CCNC(CCC(F)(F)F)c1cccc2ccccc12. The third-order valence-electron chi connectivity index (χ3n) is 3.37. The molecule has 1 N–H and O–H groups in total. The summed E-state index contributed by atoms with van der Waals surface area (Å²) in [5, 5.41) is 5.24. The van der Waals surface area contributed by atoms with Gasteiger partial charge in [-0.15, -0.1) is 0 Å². The highest BCUT2D eigenvalue weighted by Crippen LogP contribution is 2.31. The zero-order valence-corrected chi connectivity index (χ0v) is 11.4. The molecule has 0 amide bonds. The van der Waals surface area contributed by atoms with E-state index in [2.05, 4.69) is 5.32 Å². The van der Waals surface area contributed by atoms with Crippen LogP contribution in [0.2, 0.25) is 0 Å². The van der Waals surface area contributed by atoms with Crippen LogP contribution < -0.4 is 5.32 Å². The molecule has 0 aromatic heterocycles. The van der Waals surface area contributed by atoms with Crippen LogP contribution in [0.3, 0.4) is 0 Å². The Morgan fingerprint density at radius 2 is 1.75 bits per heavy atom. The van der Waals surface area contributed by atoms with Crippen molar-refractivity contribution in [1.82, 2.24) is 5.32 Å². The van der Waals surface area contributed by atoms with Gasteiger partial charge in [-0.25, -0.2) is 0 Å². The van der Waals surface area contributed by atoms with Gasteiger partial charge in [0.05, 0.1) is 0 Å².